The third-order valence-corrected chi connectivity index (χ3v) is 10.6. The zero-order valence-corrected chi connectivity index (χ0v) is 22.6. The first kappa shape index (κ1) is 25.8. The van der Waals surface area contributed by atoms with Gasteiger partial charge in [-0.15, -0.1) is 16.9 Å². The molecule has 3 fully saturated rings. The second kappa shape index (κ2) is 9.95. The number of aromatic nitrogens is 3. The number of thioether (sulfide) groups is 1. The zero-order chi connectivity index (χ0) is 27.3. The summed E-state index contributed by atoms with van der Waals surface area (Å²) in [5.74, 6) is -2.37. The largest absolute Gasteiger partial charge is 0.466 e. The van der Waals surface area contributed by atoms with Crippen LogP contribution < -0.4 is 5.32 Å². The minimum atomic E-state index is -0.897. The van der Waals surface area contributed by atoms with Crippen LogP contribution in [0.15, 0.2) is 54.6 Å². The Hall–Kier alpha value is -3.44. The number of hydrogen-bond acceptors (Lipinski definition) is 8. The Morgan fingerprint density at radius 1 is 1.21 bits per heavy atom. The third kappa shape index (κ3) is 3.85. The number of benzene rings is 2. The van der Waals surface area contributed by atoms with Crippen LogP contribution in [0, 0.1) is 17.8 Å². The molecule has 0 radical (unpaired) electrons. The lowest BCUT2D eigenvalue weighted by Crippen LogP contribution is -2.57. The third-order valence-electron chi connectivity index (χ3n) is 8.51. The van der Waals surface area contributed by atoms with Crippen LogP contribution in [0.25, 0.3) is 11.0 Å². The normalized spacial score (nSPS) is 30.0. The lowest BCUT2D eigenvalue weighted by atomic mass is 9.66. The van der Waals surface area contributed by atoms with E-state index in [0.29, 0.717) is 11.9 Å². The molecule has 6 rings (SSSR count). The van der Waals surface area contributed by atoms with Gasteiger partial charge in [-0.2, -0.15) is 0 Å². The SMILES string of the molecule is CCOC(=O)[C@@H]1[C@H]2C(=O)N([C@H](CO)c3ccccc3)C(C(=O)NCn3nnc4ccccc43)C23S[C@@H]1CC3C. The van der Waals surface area contributed by atoms with Crippen molar-refractivity contribution in [3.63, 3.8) is 0 Å². The molecule has 7 atom stereocenters. The predicted octanol–water partition coefficient (Wildman–Crippen LogP) is 2.14. The number of carbonyl (C=O) groups excluding carboxylic acids is 3. The topological polar surface area (TPSA) is 127 Å². The minimum Gasteiger partial charge on any atom is -0.466 e. The van der Waals surface area contributed by atoms with Crippen molar-refractivity contribution in [2.45, 2.75) is 49.0 Å². The smallest absolute Gasteiger partial charge is 0.310 e. The molecule has 11 heteroatoms. The molecule has 1 aromatic heterocycles. The number of esters is 1. The fraction of sp³-hybridized carbons (Fsp3) is 0.464. The van der Waals surface area contributed by atoms with Crippen LogP contribution in [-0.4, -0.2) is 72.0 Å². The standard InChI is InChI=1S/C28H31N5O5S/c1-3-38-27(37)22-21-13-16(2)28(39-21)23(22)26(36)33(20(14-34)17-9-5-4-6-10-17)24(28)25(35)29-15-32-19-12-8-7-11-18(19)30-31-32/h4-12,16,20-24,34H,3,13-15H2,1-2H3,(H,29,35)/t16?,20-,21-,22+,23+,24?,28?/m1/s1. The second-order valence-corrected chi connectivity index (χ2v) is 12.0. The van der Waals surface area contributed by atoms with E-state index in [0.717, 1.165) is 11.1 Å². The van der Waals surface area contributed by atoms with Gasteiger partial charge in [0.15, 0.2) is 0 Å². The van der Waals surface area contributed by atoms with Gasteiger partial charge in [-0.3, -0.25) is 14.4 Å². The van der Waals surface area contributed by atoms with Crippen LogP contribution in [0.4, 0.5) is 0 Å². The first-order valence-electron chi connectivity index (χ1n) is 13.3. The Bertz CT molecular complexity index is 1420. The summed E-state index contributed by atoms with van der Waals surface area (Å²) >= 11 is 1.57. The molecular weight excluding hydrogens is 518 g/mol. The molecule has 2 bridgehead atoms. The first-order valence-corrected chi connectivity index (χ1v) is 14.2. The van der Waals surface area contributed by atoms with Crippen molar-refractivity contribution in [2.24, 2.45) is 17.8 Å². The van der Waals surface area contributed by atoms with E-state index < -0.39 is 34.6 Å². The van der Waals surface area contributed by atoms with Crippen molar-refractivity contribution in [3.8, 4) is 0 Å². The molecule has 3 aliphatic heterocycles. The molecule has 2 N–H and O–H groups in total. The van der Waals surface area contributed by atoms with Crippen LogP contribution in [0.3, 0.4) is 0 Å². The number of likely N-dealkylation sites (tertiary alicyclic amines) is 1. The maximum absolute atomic E-state index is 14.3. The fourth-order valence-electron chi connectivity index (χ4n) is 6.91. The molecule has 39 heavy (non-hydrogen) atoms. The molecule has 4 heterocycles. The van der Waals surface area contributed by atoms with Gasteiger partial charge in [0.2, 0.25) is 11.8 Å². The highest BCUT2D eigenvalue weighted by molar-refractivity contribution is 8.02. The molecule has 3 saturated heterocycles. The van der Waals surface area contributed by atoms with Crippen molar-refractivity contribution in [1.82, 2.24) is 25.2 Å². The van der Waals surface area contributed by atoms with Crippen molar-refractivity contribution in [3.05, 3.63) is 60.2 Å². The lowest BCUT2D eigenvalue weighted by Gasteiger charge is -2.40. The number of amides is 2. The van der Waals surface area contributed by atoms with E-state index in [1.54, 1.807) is 23.4 Å². The highest BCUT2D eigenvalue weighted by atomic mass is 32.2. The number of rotatable bonds is 8. The molecule has 2 amide bonds. The Morgan fingerprint density at radius 3 is 2.69 bits per heavy atom. The maximum Gasteiger partial charge on any atom is 0.310 e. The maximum atomic E-state index is 14.3. The number of carbonyl (C=O) groups is 3. The summed E-state index contributed by atoms with van der Waals surface area (Å²) in [5, 5.41) is 21.8. The van der Waals surface area contributed by atoms with E-state index in [9.17, 15) is 19.5 Å². The average molecular weight is 550 g/mol. The van der Waals surface area contributed by atoms with E-state index in [-0.39, 0.29) is 42.9 Å². The Labute approximate surface area is 230 Å². The number of fused-ring (bicyclic) bond motifs is 2. The molecular formula is C28H31N5O5S. The van der Waals surface area contributed by atoms with Crippen molar-refractivity contribution < 1.29 is 24.2 Å². The quantitative estimate of drug-likeness (QED) is 0.410. The van der Waals surface area contributed by atoms with Crippen molar-refractivity contribution in [2.75, 3.05) is 13.2 Å². The van der Waals surface area contributed by atoms with Gasteiger partial charge in [0, 0.05) is 5.25 Å². The van der Waals surface area contributed by atoms with Gasteiger partial charge < -0.3 is 20.1 Å². The number of aliphatic hydroxyl groups is 1. The lowest BCUT2D eigenvalue weighted by molar-refractivity contribution is -0.154. The second-order valence-electron chi connectivity index (χ2n) is 10.4. The molecule has 0 aliphatic carbocycles. The predicted molar refractivity (Wildman–Crippen MR) is 144 cm³/mol. The summed E-state index contributed by atoms with van der Waals surface area (Å²) in [7, 11) is 0. The number of hydrogen-bond donors (Lipinski definition) is 2. The molecule has 204 valence electrons. The van der Waals surface area contributed by atoms with E-state index in [1.807, 2.05) is 54.6 Å². The summed E-state index contributed by atoms with van der Waals surface area (Å²) in [6.07, 6.45) is 0.707. The summed E-state index contributed by atoms with van der Waals surface area (Å²) in [6.45, 7) is 3.74. The number of nitrogens with zero attached hydrogens (tertiary/aromatic N) is 4. The Morgan fingerprint density at radius 2 is 1.95 bits per heavy atom. The van der Waals surface area contributed by atoms with Crippen molar-refractivity contribution >= 4 is 40.6 Å². The first-order chi connectivity index (χ1) is 18.9. The van der Waals surface area contributed by atoms with Crippen LogP contribution >= 0.6 is 11.8 Å². The highest BCUT2D eigenvalue weighted by Crippen LogP contribution is 2.69. The van der Waals surface area contributed by atoms with E-state index >= 15 is 0 Å². The van der Waals surface area contributed by atoms with Gasteiger partial charge in [-0.05, 0) is 37.0 Å². The van der Waals surface area contributed by atoms with Gasteiger partial charge in [-0.1, -0.05) is 54.6 Å². The Kier molecular flexibility index (Phi) is 6.58. The van der Waals surface area contributed by atoms with Crippen LogP contribution in [-0.2, 0) is 25.8 Å². The van der Waals surface area contributed by atoms with Gasteiger partial charge >= 0.3 is 5.97 Å². The van der Waals surface area contributed by atoms with E-state index in [1.165, 1.54) is 4.90 Å². The Balaban J connectivity index is 1.40. The summed E-state index contributed by atoms with van der Waals surface area (Å²) in [6, 6.07) is 15.1. The molecule has 10 nitrogen and oxygen atoms in total. The molecule has 3 aliphatic rings. The van der Waals surface area contributed by atoms with Gasteiger partial charge in [-0.25, -0.2) is 4.68 Å². The van der Waals surface area contributed by atoms with Gasteiger partial charge in [0.1, 0.15) is 18.2 Å². The molecule has 1 spiro atoms. The molecule has 3 aromatic rings. The van der Waals surface area contributed by atoms with E-state index in [2.05, 4.69) is 22.6 Å². The minimum absolute atomic E-state index is 0.00445. The van der Waals surface area contributed by atoms with Crippen LogP contribution in [0.2, 0.25) is 0 Å². The van der Waals surface area contributed by atoms with Gasteiger partial charge in [0.05, 0.1) is 41.4 Å². The summed E-state index contributed by atoms with van der Waals surface area (Å²) in [4.78, 5) is 43.2. The molecule has 2 aromatic carbocycles. The van der Waals surface area contributed by atoms with Crippen LogP contribution in [0.1, 0.15) is 31.9 Å². The molecule has 3 unspecified atom stereocenters. The van der Waals surface area contributed by atoms with E-state index in [4.69, 9.17) is 4.74 Å². The monoisotopic (exact) mass is 549 g/mol. The number of nitrogens with one attached hydrogen (secondary N) is 1. The zero-order valence-electron chi connectivity index (χ0n) is 21.8. The average Bonchev–Trinajstić information content (AvgIpc) is 3.66. The number of para-hydroxylation sites is 1. The number of ether oxygens (including phenoxy) is 1. The highest BCUT2D eigenvalue weighted by Gasteiger charge is 2.76. The fourth-order valence-corrected chi connectivity index (χ4v) is 9.31. The summed E-state index contributed by atoms with van der Waals surface area (Å²) in [5.41, 5.74) is 2.21. The summed E-state index contributed by atoms with van der Waals surface area (Å²) < 4.78 is 6.20. The van der Waals surface area contributed by atoms with Crippen molar-refractivity contribution in [1.29, 1.82) is 0 Å². The number of aliphatic hydroxyl groups excluding tert-OH is 1. The molecule has 0 saturated carbocycles. The van der Waals surface area contributed by atoms with Gasteiger partial charge in [0.25, 0.3) is 0 Å². The van der Waals surface area contributed by atoms with Crippen LogP contribution in [0.5, 0.6) is 0 Å².